The van der Waals surface area contributed by atoms with Crippen LogP contribution in [0.2, 0.25) is 0 Å². The lowest BCUT2D eigenvalue weighted by Gasteiger charge is -2.40. The van der Waals surface area contributed by atoms with Gasteiger partial charge in [0.2, 0.25) is 5.91 Å². The highest BCUT2D eigenvalue weighted by atomic mass is 16.2. The second kappa shape index (κ2) is 6.75. The van der Waals surface area contributed by atoms with Gasteiger partial charge in [-0.2, -0.15) is 5.10 Å². The van der Waals surface area contributed by atoms with Crippen molar-refractivity contribution >= 4 is 5.91 Å². The van der Waals surface area contributed by atoms with Crippen LogP contribution in [0.1, 0.15) is 43.4 Å². The molecule has 1 aliphatic heterocycles. The lowest BCUT2D eigenvalue weighted by atomic mass is 9.75. The normalized spacial score (nSPS) is 21.3. The van der Waals surface area contributed by atoms with Crippen LogP contribution >= 0.6 is 0 Å². The topological polar surface area (TPSA) is 51.0 Å². The fourth-order valence-corrected chi connectivity index (χ4v) is 3.59. The predicted octanol–water partition coefficient (Wildman–Crippen LogP) is 2.87. The van der Waals surface area contributed by atoms with Crippen LogP contribution in [0.4, 0.5) is 0 Å². The lowest BCUT2D eigenvalue weighted by molar-refractivity contribution is -0.135. The summed E-state index contributed by atoms with van der Waals surface area (Å²) in [6.45, 7) is 8.53. The van der Waals surface area contributed by atoms with Crippen molar-refractivity contribution in [2.24, 2.45) is 0 Å². The van der Waals surface area contributed by atoms with Crippen molar-refractivity contribution in [3.63, 3.8) is 0 Å². The molecule has 1 aliphatic rings. The molecule has 2 heterocycles. The number of hydrogen-bond acceptors (Lipinski definition) is 3. The molecule has 1 saturated heterocycles. The van der Waals surface area contributed by atoms with Crippen molar-refractivity contribution < 1.29 is 4.79 Å². The number of carbonyl (C=O) groups is 1. The van der Waals surface area contributed by atoms with Gasteiger partial charge in [-0.25, -0.2) is 4.98 Å². The fraction of sp³-hybridized carbons (Fsp3) is 0.526. The van der Waals surface area contributed by atoms with E-state index in [1.165, 1.54) is 5.56 Å². The molecular weight excluding hydrogens is 300 g/mol. The van der Waals surface area contributed by atoms with Crippen molar-refractivity contribution in [3.05, 3.63) is 47.5 Å². The zero-order valence-electron chi connectivity index (χ0n) is 14.8. The third-order valence-corrected chi connectivity index (χ3v) is 5.01. The molecule has 0 N–H and O–H groups in total. The minimum Gasteiger partial charge on any atom is -0.342 e. The Kier molecular flexibility index (Phi) is 4.69. The summed E-state index contributed by atoms with van der Waals surface area (Å²) in [5.74, 6) is 2.01. The van der Waals surface area contributed by atoms with Crippen molar-refractivity contribution in [2.75, 3.05) is 13.1 Å². The maximum absolute atomic E-state index is 12.3. The molecule has 0 saturated carbocycles. The van der Waals surface area contributed by atoms with E-state index < -0.39 is 0 Å². The quantitative estimate of drug-likeness (QED) is 0.849. The molecule has 2 aromatic rings. The molecule has 1 fully saturated rings. The summed E-state index contributed by atoms with van der Waals surface area (Å²) in [6.07, 6.45) is 2.46. The Hall–Kier alpha value is -2.17. The van der Waals surface area contributed by atoms with Crippen LogP contribution in [0.3, 0.4) is 0 Å². The van der Waals surface area contributed by atoms with Crippen molar-refractivity contribution in [1.29, 1.82) is 0 Å². The first-order valence-corrected chi connectivity index (χ1v) is 8.69. The SMILES string of the molecule is Cc1nc(C)n(CCCN2C[C@@](C)(c3ccccc3)CCC2=O)n1. The molecule has 1 amide bonds. The molecule has 0 bridgehead atoms. The number of amides is 1. The molecule has 5 nitrogen and oxygen atoms in total. The molecule has 1 atom stereocenters. The van der Waals surface area contributed by atoms with Crippen LogP contribution in [0.5, 0.6) is 0 Å². The Balaban J connectivity index is 1.62. The van der Waals surface area contributed by atoms with Crippen molar-refractivity contribution in [2.45, 2.75) is 52.0 Å². The van der Waals surface area contributed by atoms with Gasteiger partial charge in [0.1, 0.15) is 11.6 Å². The van der Waals surface area contributed by atoms with Crippen LogP contribution in [0.25, 0.3) is 0 Å². The van der Waals surface area contributed by atoms with E-state index in [9.17, 15) is 4.79 Å². The Labute approximate surface area is 143 Å². The van der Waals surface area contributed by atoms with Crippen molar-refractivity contribution in [3.8, 4) is 0 Å². The van der Waals surface area contributed by atoms with E-state index >= 15 is 0 Å². The number of nitrogens with zero attached hydrogens (tertiary/aromatic N) is 4. The standard InChI is InChI=1S/C19H26N4O/c1-15-20-16(2)23(21-15)13-7-12-22-14-19(3,11-10-18(22)24)17-8-5-4-6-9-17/h4-6,8-9H,7,10-14H2,1-3H3/t19-/m0/s1. The Bertz CT molecular complexity index is 709. The van der Waals surface area contributed by atoms with E-state index in [0.29, 0.717) is 6.42 Å². The molecule has 1 aromatic carbocycles. The van der Waals surface area contributed by atoms with Gasteiger partial charge < -0.3 is 4.90 Å². The number of hydrogen-bond donors (Lipinski definition) is 0. The van der Waals surface area contributed by atoms with Crippen molar-refractivity contribution in [1.82, 2.24) is 19.7 Å². The minimum atomic E-state index is 0.0505. The third kappa shape index (κ3) is 3.50. The summed E-state index contributed by atoms with van der Waals surface area (Å²) < 4.78 is 1.93. The molecule has 5 heteroatoms. The van der Waals surface area contributed by atoms with Gasteiger partial charge in [0, 0.05) is 31.5 Å². The van der Waals surface area contributed by atoms with E-state index in [0.717, 1.165) is 44.1 Å². The summed E-state index contributed by atoms with van der Waals surface area (Å²) in [7, 11) is 0. The number of benzene rings is 1. The van der Waals surface area contributed by atoms with Gasteiger partial charge in [-0.15, -0.1) is 0 Å². The molecule has 0 radical (unpaired) electrons. The lowest BCUT2D eigenvalue weighted by Crippen LogP contribution is -2.47. The summed E-state index contributed by atoms with van der Waals surface area (Å²) >= 11 is 0. The second-order valence-corrected chi connectivity index (χ2v) is 7.02. The molecular formula is C19H26N4O. The predicted molar refractivity (Wildman–Crippen MR) is 93.7 cm³/mol. The largest absolute Gasteiger partial charge is 0.342 e. The highest BCUT2D eigenvalue weighted by Gasteiger charge is 2.35. The monoisotopic (exact) mass is 326 g/mol. The zero-order chi connectivity index (χ0) is 17.2. The fourth-order valence-electron chi connectivity index (χ4n) is 3.59. The van der Waals surface area contributed by atoms with Crippen LogP contribution in [-0.4, -0.2) is 38.7 Å². The van der Waals surface area contributed by atoms with Gasteiger partial charge in [-0.3, -0.25) is 9.48 Å². The third-order valence-electron chi connectivity index (χ3n) is 5.01. The van der Waals surface area contributed by atoms with E-state index in [2.05, 4.69) is 41.3 Å². The Morgan fingerprint density at radius 1 is 1.17 bits per heavy atom. The number of aromatic nitrogens is 3. The highest BCUT2D eigenvalue weighted by Crippen LogP contribution is 2.34. The van der Waals surface area contributed by atoms with Gasteiger partial charge in [-0.1, -0.05) is 37.3 Å². The highest BCUT2D eigenvalue weighted by molar-refractivity contribution is 5.77. The number of likely N-dealkylation sites (tertiary alicyclic amines) is 1. The average Bonchev–Trinajstić information content (AvgIpc) is 2.89. The second-order valence-electron chi connectivity index (χ2n) is 7.02. The van der Waals surface area contributed by atoms with Gasteiger partial charge in [0.05, 0.1) is 0 Å². The van der Waals surface area contributed by atoms with Gasteiger partial charge in [0.15, 0.2) is 0 Å². The van der Waals surface area contributed by atoms with Crippen LogP contribution < -0.4 is 0 Å². The Morgan fingerprint density at radius 3 is 2.58 bits per heavy atom. The summed E-state index contributed by atoms with van der Waals surface area (Å²) in [4.78, 5) is 18.7. The van der Waals surface area contributed by atoms with Gasteiger partial charge >= 0.3 is 0 Å². The van der Waals surface area contributed by atoms with Crippen LogP contribution in [-0.2, 0) is 16.8 Å². The van der Waals surface area contributed by atoms with E-state index in [4.69, 9.17) is 0 Å². The molecule has 0 aliphatic carbocycles. The van der Waals surface area contributed by atoms with E-state index in [-0.39, 0.29) is 11.3 Å². The summed E-state index contributed by atoms with van der Waals surface area (Å²) in [5.41, 5.74) is 1.37. The van der Waals surface area contributed by atoms with Crippen LogP contribution in [0.15, 0.2) is 30.3 Å². The van der Waals surface area contributed by atoms with E-state index in [1.807, 2.05) is 29.5 Å². The summed E-state index contributed by atoms with van der Waals surface area (Å²) in [5, 5.41) is 4.39. The first kappa shape index (κ1) is 16.7. The number of carbonyl (C=O) groups excluding carboxylic acids is 1. The van der Waals surface area contributed by atoms with Crippen LogP contribution in [0, 0.1) is 13.8 Å². The number of piperidine rings is 1. The molecule has 128 valence electrons. The molecule has 0 unspecified atom stereocenters. The molecule has 3 rings (SSSR count). The maximum Gasteiger partial charge on any atom is 0.222 e. The van der Waals surface area contributed by atoms with Gasteiger partial charge in [-0.05, 0) is 32.3 Å². The van der Waals surface area contributed by atoms with Gasteiger partial charge in [0.25, 0.3) is 0 Å². The number of aryl methyl sites for hydroxylation is 3. The molecule has 1 aromatic heterocycles. The summed E-state index contributed by atoms with van der Waals surface area (Å²) in [6, 6.07) is 10.6. The first-order valence-electron chi connectivity index (χ1n) is 8.69. The molecule has 24 heavy (non-hydrogen) atoms. The Morgan fingerprint density at radius 2 is 1.92 bits per heavy atom. The first-order chi connectivity index (χ1) is 11.5. The zero-order valence-corrected chi connectivity index (χ0v) is 14.8. The smallest absolute Gasteiger partial charge is 0.222 e. The number of rotatable bonds is 5. The maximum atomic E-state index is 12.3. The average molecular weight is 326 g/mol. The molecule has 0 spiro atoms. The van der Waals surface area contributed by atoms with E-state index in [1.54, 1.807) is 0 Å². The minimum absolute atomic E-state index is 0.0505.